The number of carbonyl (C=O) groups excluding carboxylic acids is 1. The summed E-state index contributed by atoms with van der Waals surface area (Å²) in [5.74, 6) is 11.5. The lowest BCUT2D eigenvalue weighted by Gasteiger charge is -1.93. The Morgan fingerprint density at radius 3 is 1.75 bits per heavy atom. The zero-order valence-corrected chi connectivity index (χ0v) is 11.7. The molecule has 0 aromatic heterocycles. The second kappa shape index (κ2) is 6.62. The maximum Gasteiger partial charge on any atom is 0.159 e. The van der Waals surface area contributed by atoms with Crippen LogP contribution in [0.4, 0.5) is 0 Å². The molecule has 0 N–H and O–H groups in total. The van der Waals surface area contributed by atoms with E-state index in [9.17, 15) is 4.79 Å². The van der Waals surface area contributed by atoms with Crippen molar-refractivity contribution < 1.29 is 4.79 Å². The van der Waals surface area contributed by atoms with Gasteiger partial charge in [-0.1, -0.05) is 35.6 Å². The van der Waals surface area contributed by atoms with Crippen LogP contribution in [0.2, 0.25) is 5.02 Å². The first-order valence-electron chi connectivity index (χ1n) is 6.04. The Hall–Kier alpha value is -2.48. The molecule has 1 nitrogen and oxygen atoms in total. The molecule has 0 radical (unpaired) electrons. The van der Waals surface area contributed by atoms with Crippen LogP contribution in [-0.4, -0.2) is 5.78 Å². The van der Waals surface area contributed by atoms with Gasteiger partial charge in [-0.3, -0.25) is 4.79 Å². The number of ketones is 1. The molecule has 2 aromatic carbocycles. The summed E-state index contributed by atoms with van der Waals surface area (Å²) in [5.41, 5.74) is 2.39. The van der Waals surface area contributed by atoms with Crippen molar-refractivity contribution in [3.63, 3.8) is 0 Å². The number of halogens is 1. The van der Waals surface area contributed by atoms with Gasteiger partial charge in [0.1, 0.15) is 0 Å². The molecule has 0 saturated carbocycles. The summed E-state index contributed by atoms with van der Waals surface area (Å²) in [5, 5.41) is 0.687. The first-order valence-corrected chi connectivity index (χ1v) is 6.41. The van der Waals surface area contributed by atoms with Crippen molar-refractivity contribution in [3.8, 4) is 23.7 Å². The van der Waals surface area contributed by atoms with Crippen LogP contribution in [0.5, 0.6) is 0 Å². The van der Waals surface area contributed by atoms with Crippen LogP contribution >= 0.6 is 11.6 Å². The molecule has 0 unspecified atom stereocenters. The third kappa shape index (κ3) is 4.02. The van der Waals surface area contributed by atoms with E-state index in [4.69, 9.17) is 11.6 Å². The summed E-state index contributed by atoms with van der Waals surface area (Å²) in [6, 6.07) is 14.4. The van der Waals surface area contributed by atoms with Crippen molar-refractivity contribution in [1.82, 2.24) is 0 Å². The van der Waals surface area contributed by atoms with Crippen molar-refractivity contribution in [3.05, 3.63) is 70.2 Å². The highest BCUT2D eigenvalue weighted by molar-refractivity contribution is 6.30. The molecule has 0 heterocycles. The molecule has 0 saturated heterocycles. The van der Waals surface area contributed by atoms with Crippen LogP contribution in [0.3, 0.4) is 0 Å². The second-order valence-electron chi connectivity index (χ2n) is 4.14. The quantitative estimate of drug-likeness (QED) is 0.570. The summed E-state index contributed by atoms with van der Waals surface area (Å²) >= 11 is 5.79. The molecule has 96 valence electrons. The van der Waals surface area contributed by atoms with Gasteiger partial charge in [0.25, 0.3) is 0 Å². The topological polar surface area (TPSA) is 17.1 Å². The standard InChI is InChI=1S/C18H11ClO/c1-14(20)17-10-6-15(7-11-17)4-2-3-5-16-8-12-18(19)13-9-16/h6-13H,1H3. The van der Waals surface area contributed by atoms with Gasteiger partial charge in [0.2, 0.25) is 0 Å². The summed E-state index contributed by atoms with van der Waals surface area (Å²) in [6.07, 6.45) is 0. The molecule has 20 heavy (non-hydrogen) atoms. The van der Waals surface area contributed by atoms with Crippen molar-refractivity contribution in [2.24, 2.45) is 0 Å². The minimum absolute atomic E-state index is 0.0482. The largest absolute Gasteiger partial charge is 0.295 e. The lowest BCUT2D eigenvalue weighted by atomic mass is 10.1. The highest BCUT2D eigenvalue weighted by Gasteiger charge is 1.96. The predicted octanol–water partition coefficient (Wildman–Crippen LogP) is 3.95. The van der Waals surface area contributed by atoms with Gasteiger partial charge in [-0.2, -0.15) is 0 Å². The van der Waals surface area contributed by atoms with E-state index < -0.39 is 0 Å². The van der Waals surface area contributed by atoms with Crippen molar-refractivity contribution in [2.45, 2.75) is 6.92 Å². The Labute approximate surface area is 123 Å². The molecule has 0 amide bonds. The number of hydrogen-bond donors (Lipinski definition) is 0. The first-order chi connectivity index (χ1) is 9.65. The Kier molecular flexibility index (Phi) is 4.61. The van der Waals surface area contributed by atoms with E-state index in [1.54, 1.807) is 24.3 Å². The molecule has 2 rings (SSSR count). The van der Waals surface area contributed by atoms with Gasteiger partial charge in [-0.05, 0) is 55.2 Å². The Bertz CT molecular complexity index is 732. The maximum absolute atomic E-state index is 11.1. The van der Waals surface area contributed by atoms with Crippen LogP contribution in [0.15, 0.2) is 48.5 Å². The van der Waals surface area contributed by atoms with E-state index in [0.29, 0.717) is 10.6 Å². The zero-order valence-electron chi connectivity index (χ0n) is 10.9. The normalized spacial score (nSPS) is 8.90. The SMILES string of the molecule is CC(=O)c1ccc(C#CC#Cc2ccc(Cl)cc2)cc1. The van der Waals surface area contributed by atoms with Gasteiger partial charge in [0.15, 0.2) is 5.78 Å². The van der Waals surface area contributed by atoms with Gasteiger partial charge in [0.05, 0.1) is 0 Å². The van der Waals surface area contributed by atoms with E-state index >= 15 is 0 Å². The molecule has 0 spiro atoms. The van der Waals surface area contributed by atoms with Gasteiger partial charge >= 0.3 is 0 Å². The number of Topliss-reactive ketones (excluding diaryl/α,β-unsaturated/α-hetero) is 1. The number of benzene rings is 2. The lowest BCUT2D eigenvalue weighted by Crippen LogP contribution is -1.90. The van der Waals surface area contributed by atoms with E-state index in [0.717, 1.165) is 11.1 Å². The first kappa shape index (κ1) is 13.9. The average Bonchev–Trinajstić information content (AvgIpc) is 2.46. The lowest BCUT2D eigenvalue weighted by molar-refractivity contribution is 0.101. The van der Waals surface area contributed by atoms with Crippen molar-refractivity contribution >= 4 is 17.4 Å². The number of rotatable bonds is 1. The van der Waals surface area contributed by atoms with E-state index in [2.05, 4.69) is 23.7 Å². The highest BCUT2D eigenvalue weighted by Crippen LogP contribution is 2.08. The van der Waals surface area contributed by atoms with Crippen LogP contribution in [0, 0.1) is 23.7 Å². The molecule has 0 atom stereocenters. The summed E-state index contributed by atoms with van der Waals surface area (Å²) in [7, 11) is 0. The molecule has 2 aromatic rings. The van der Waals surface area contributed by atoms with Gasteiger partial charge in [0, 0.05) is 21.7 Å². The fourth-order valence-electron chi connectivity index (χ4n) is 1.53. The van der Waals surface area contributed by atoms with E-state index in [1.807, 2.05) is 24.3 Å². The minimum Gasteiger partial charge on any atom is -0.295 e. The second-order valence-corrected chi connectivity index (χ2v) is 4.58. The zero-order chi connectivity index (χ0) is 14.4. The Morgan fingerprint density at radius 1 is 0.850 bits per heavy atom. The van der Waals surface area contributed by atoms with E-state index in [-0.39, 0.29) is 5.78 Å². The van der Waals surface area contributed by atoms with Gasteiger partial charge in [-0.15, -0.1) is 0 Å². The number of carbonyl (C=O) groups is 1. The molecule has 0 fully saturated rings. The predicted molar refractivity (Wildman–Crippen MR) is 81.7 cm³/mol. The van der Waals surface area contributed by atoms with Crippen molar-refractivity contribution in [2.75, 3.05) is 0 Å². The Morgan fingerprint density at radius 2 is 1.30 bits per heavy atom. The van der Waals surface area contributed by atoms with Crippen LogP contribution in [-0.2, 0) is 0 Å². The molecule has 0 aliphatic heterocycles. The smallest absolute Gasteiger partial charge is 0.159 e. The number of hydrogen-bond acceptors (Lipinski definition) is 1. The third-order valence-electron chi connectivity index (χ3n) is 2.61. The average molecular weight is 279 g/mol. The van der Waals surface area contributed by atoms with Crippen LogP contribution in [0.1, 0.15) is 28.4 Å². The fourth-order valence-corrected chi connectivity index (χ4v) is 1.65. The van der Waals surface area contributed by atoms with E-state index in [1.165, 1.54) is 6.92 Å². The molecule has 2 heteroatoms. The van der Waals surface area contributed by atoms with Gasteiger partial charge in [-0.25, -0.2) is 0 Å². The fraction of sp³-hybridized carbons (Fsp3) is 0.0556. The molecular weight excluding hydrogens is 268 g/mol. The minimum atomic E-state index is 0.0482. The Balaban J connectivity index is 2.08. The third-order valence-corrected chi connectivity index (χ3v) is 2.86. The van der Waals surface area contributed by atoms with Crippen LogP contribution < -0.4 is 0 Å². The van der Waals surface area contributed by atoms with Gasteiger partial charge < -0.3 is 0 Å². The molecule has 0 aliphatic carbocycles. The summed E-state index contributed by atoms with van der Waals surface area (Å²) < 4.78 is 0. The molecule has 0 bridgehead atoms. The highest BCUT2D eigenvalue weighted by atomic mass is 35.5. The maximum atomic E-state index is 11.1. The summed E-state index contributed by atoms with van der Waals surface area (Å²) in [6.45, 7) is 1.54. The summed E-state index contributed by atoms with van der Waals surface area (Å²) in [4.78, 5) is 11.1. The monoisotopic (exact) mass is 278 g/mol. The molecular formula is C18H11ClO. The molecule has 0 aliphatic rings. The van der Waals surface area contributed by atoms with Crippen LogP contribution in [0.25, 0.3) is 0 Å². The van der Waals surface area contributed by atoms with Crippen molar-refractivity contribution in [1.29, 1.82) is 0 Å².